The second kappa shape index (κ2) is 13.2. The van der Waals surface area contributed by atoms with Gasteiger partial charge < -0.3 is 47.6 Å². The molecule has 4 unspecified atom stereocenters. The maximum atomic E-state index is 13.2. The number of aliphatic carboxylic acids is 1. The maximum Gasteiger partial charge on any atom is 0.326 e. The summed E-state index contributed by atoms with van der Waals surface area (Å²) in [5.41, 5.74) is 12.7. The zero-order valence-corrected chi connectivity index (χ0v) is 20.7. The summed E-state index contributed by atoms with van der Waals surface area (Å²) in [7, 11) is 0. The highest BCUT2D eigenvalue weighted by molar-refractivity contribution is 5.95. The summed E-state index contributed by atoms with van der Waals surface area (Å²) < 4.78 is 0. The largest absolute Gasteiger partial charge is 0.480 e. The van der Waals surface area contributed by atoms with E-state index in [0.717, 1.165) is 10.9 Å². The van der Waals surface area contributed by atoms with Crippen LogP contribution in [0.5, 0.6) is 0 Å². The highest BCUT2D eigenvalue weighted by Gasteiger charge is 2.31. The van der Waals surface area contributed by atoms with E-state index >= 15 is 0 Å². The molecule has 208 valence electrons. The molecule has 0 saturated carbocycles. The summed E-state index contributed by atoms with van der Waals surface area (Å²) in [5, 5.41) is 27.2. The lowest BCUT2D eigenvalue weighted by molar-refractivity contribution is -0.142. The van der Waals surface area contributed by atoms with E-state index in [0.29, 0.717) is 11.3 Å². The number of carbonyl (C=O) groups is 5. The summed E-state index contributed by atoms with van der Waals surface area (Å²) in [6, 6.07) is 1.73. The SMILES string of the molecule is NC(=O)CC(N)C(=O)NC(Cc1c[nH]c2ccccc12)C(=O)NC(CO)C(=O)NC(Cc1cnc[nH]1)C(=O)O. The van der Waals surface area contributed by atoms with Gasteiger partial charge in [0.2, 0.25) is 23.6 Å². The fourth-order valence-electron chi connectivity index (χ4n) is 3.87. The molecule has 4 amide bonds. The molecular weight excluding hydrogens is 512 g/mol. The number of carboxylic acids is 1. The number of rotatable bonds is 14. The molecule has 2 heterocycles. The number of nitrogens with two attached hydrogens (primary N) is 2. The molecule has 0 aliphatic carbocycles. The van der Waals surface area contributed by atoms with Crippen molar-refractivity contribution < 1.29 is 34.2 Å². The number of nitrogens with one attached hydrogen (secondary N) is 5. The highest BCUT2D eigenvalue weighted by atomic mass is 16.4. The third kappa shape index (κ3) is 7.86. The maximum absolute atomic E-state index is 13.2. The Morgan fingerprint density at radius 3 is 2.23 bits per heavy atom. The average molecular weight is 543 g/mol. The van der Waals surface area contributed by atoms with Gasteiger partial charge in [-0.2, -0.15) is 0 Å². The lowest BCUT2D eigenvalue weighted by Gasteiger charge is -2.24. The van der Waals surface area contributed by atoms with Crippen LogP contribution < -0.4 is 27.4 Å². The fourth-order valence-corrected chi connectivity index (χ4v) is 3.87. The molecule has 0 bridgehead atoms. The van der Waals surface area contributed by atoms with E-state index in [4.69, 9.17) is 11.5 Å². The summed E-state index contributed by atoms with van der Waals surface area (Å²) in [6.45, 7) is -0.858. The van der Waals surface area contributed by atoms with Gasteiger partial charge in [-0.15, -0.1) is 0 Å². The van der Waals surface area contributed by atoms with Crippen molar-refractivity contribution in [3.05, 3.63) is 54.2 Å². The van der Waals surface area contributed by atoms with E-state index in [2.05, 4.69) is 30.9 Å². The Kier molecular flexibility index (Phi) is 9.72. The Bertz CT molecular complexity index is 1320. The molecule has 2 aromatic heterocycles. The lowest BCUT2D eigenvalue weighted by atomic mass is 10.0. The Hall–Kier alpha value is -4.76. The number of aliphatic hydroxyl groups is 1. The molecule has 0 radical (unpaired) electrons. The Morgan fingerprint density at radius 1 is 0.923 bits per heavy atom. The van der Waals surface area contributed by atoms with Crippen LogP contribution in [-0.4, -0.2) is 85.5 Å². The van der Waals surface area contributed by atoms with Gasteiger partial charge in [0.25, 0.3) is 0 Å². The summed E-state index contributed by atoms with van der Waals surface area (Å²) in [4.78, 5) is 71.1. The molecule has 15 heteroatoms. The van der Waals surface area contributed by atoms with E-state index in [1.807, 2.05) is 18.2 Å². The molecule has 15 nitrogen and oxygen atoms in total. The van der Waals surface area contributed by atoms with Crippen molar-refractivity contribution in [1.29, 1.82) is 0 Å². The minimum absolute atomic E-state index is 0.0395. The van der Waals surface area contributed by atoms with E-state index < -0.39 is 66.8 Å². The lowest BCUT2D eigenvalue weighted by Crippen LogP contribution is -2.58. The van der Waals surface area contributed by atoms with Crippen molar-refractivity contribution >= 4 is 40.5 Å². The number of aromatic amines is 2. The molecule has 0 saturated heterocycles. The number of hydrogen-bond acceptors (Lipinski definition) is 8. The van der Waals surface area contributed by atoms with Crippen LogP contribution in [-0.2, 0) is 36.8 Å². The number of primary amides is 1. The van der Waals surface area contributed by atoms with E-state index in [1.54, 1.807) is 12.3 Å². The third-order valence-electron chi connectivity index (χ3n) is 5.90. The smallest absolute Gasteiger partial charge is 0.326 e. The number of aliphatic hydroxyl groups excluding tert-OH is 1. The van der Waals surface area contributed by atoms with Crippen molar-refractivity contribution in [3.63, 3.8) is 0 Å². The number of para-hydroxylation sites is 1. The molecule has 4 atom stereocenters. The van der Waals surface area contributed by atoms with Crippen molar-refractivity contribution in [2.24, 2.45) is 11.5 Å². The van der Waals surface area contributed by atoms with E-state index in [1.165, 1.54) is 12.5 Å². The van der Waals surface area contributed by atoms with Crippen LogP contribution >= 0.6 is 0 Å². The molecule has 0 spiro atoms. The van der Waals surface area contributed by atoms with Crippen molar-refractivity contribution in [2.45, 2.75) is 43.4 Å². The number of carbonyl (C=O) groups excluding carboxylic acids is 4. The standard InChI is InChI=1S/C24H30N8O7/c25-15(7-20(26)34)21(35)30-17(5-12-8-28-16-4-2-1-3-14(12)16)22(36)32-19(10-33)23(37)31-18(24(38)39)6-13-9-27-11-29-13/h1-4,8-9,11,15,17-19,28,33H,5-7,10,25H2,(H2,26,34)(H,27,29)(H,30,35)(H,31,37)(H,32,36)(H,38,39). The number of imidazole rings is 1. The van der Waals surface area contributed by atoms with Gasteiger partial charge in [-0.1, -0.05) is 18.2 Å². The molecule has 0 aliphatic rings. The number of amides is 4. The first-order valence-corrected chi connectivity index (χ1v) is 11.9. The second-order valence-electron chi connectivity index (χ2n) is 8.83. The fraction of sp³-hybridized carbons (Fsp3) is 0.333. The molecule has 39 heavy (non-hydrogen) atoms. The first-order chi connectivity index (χ1) is 18.6. The van der Waals surface area contributed by atoms with Crippen molar-refractivity contribution in [3.8, 4) is 0 Å². The minimum Gasteiger partial charge on any atom is -0.480 e. The summed E-state index contributed by atoms with van der Waals surface area (Å²) >= 11 is 0. The van der Waals surface area contributed by atoms with Crippen molar-refractivity contribution in [2.75, 3.05) is 6.61 Å². The van der Waals surface area contributed by atoms with Crippen molar-refractivity contribution in [1.82, 2.24) is 30.9 Å². The van der Waals surface area contributed by atoms with Gasteiger partial charge in [0.1, 0.15) is 18.1 Å². The zero-order chi connectivity index (χ0) is 28.5. The molecule has 0 aliphatic heterocycles. The van der Waals surface area contributed by atoms with Gasteiger partial charge in [0.15, 0.2) is 0 Å². The quantitative estimate of drug-likeness (QED) is 0.103. The summed E-state index contributed by atoms with van der Waals surface area (Å²) in [5.74, 6) is -4.79. The van der Waals surface area contributed by atoms with Gasteiger partial charge in [0.05, 0.1) is 25.4 Å². The number of H-pyrrole nitrogens is 2. The molecule has 3 rings (SSSR count). The Morgan fingerprint density at radius 2 is 1.59 bits per heavy atom. The predicted molar refractivity (Wildman–Crippen MR) is 137 cm³/mol. The minimum atomic E-state index is -1.54. The first-order valence-electron chi connectivity index (χ1n) is 11.9. The Labute approximate surface area is 221 Å². The monoisotopic (exact) mass is 542 g/mol. The molecule has 1 aromatic carbocycles. The van der Waals surface area contributed by atoms with Gasteiger partial charge in [0, 0.05) is 41.8 Å². The number of nitrogens with zero attached hydrogens (tertiary/aromatic N) is 1. The third-order valence-corrected chi connectivity index (χ3v) is 5.90. The van der Waals surface area contributed by atoms with Gasteiger partial charge in [-0.3, -0.25) is 19.2 Å². The molecule has 3 aromatic rings. The average Bonchev–Trinajstić information content (AvgIpc) is 3.55. The molecule has 0 fully saturated rings. The van der Waals surface area contributed by atoms with Crippen LogP contribution in [0.25, 0.3) is 10.9 Å². The topological polar surface area (TPSA) is 258 Å². The van der Waals surface area contributed by atoms with E-state index in [-0.39, 0.29) is 12.8 Å². The van der Waals surface area contributed by atoms with Crippen LogP contribution in [0.15, 0.2) is 43.0 Å². The van der Waals surface area contributed by atoms with Gasteiger partial charge >= 0.3 is 5.97 Å². The number of aromatic nitrogens is 3. The normalized spacial score (nSPS) is 14.1. The number of hydrogen-bond donors (Lipinski definition) is 9. The summed E-state index contributed by atoms with van der Waals surface area (Å²) in [6.07, 6.45) is 3.79. The highest BCUT2D eigenvalue weighted by Crippen LogP contribution is 2.19. The number of fused-ring (bicyclic) bond motifs is 1. The first kappa shape index (κ1) is 28.8. The molecular formula is C24H30N8O7. The second-order valence-corrected chi connectivity index (χ2v) is 8.83. The Balaban J connectivity index is 1.76. The van der Waals surface area contributed by atoms with Crippen LogP contribution in [0.1, 0.15) is 17.7 Å². The molecule has 11 N–H and O–H groups in total. The van der Waals surface area contributed by atoms with Gasteiger partial charge in [-0.05, 0) is 11.6 Å². The van der Waals surface area contributed by atoms with Crippen LogP contribution in [0.2, 0.25) is 0 Å². The predicted octanol–water partition coefficient (Wildman–Crippen LogP) is -2.59. The zero-order valence-electron chi connectivity index (χ0n) is 20.7. The van der Waals surface area contributed by atoms with Crippen LogP contribution in [0, 0.1) is 0 Å². The van der Waals surface area contributed by atoms with Crippen LogP contribution in [0.3, 0.4) is 0 Å². The van der Waals surface area contributed by atoms with Crippen LogP contribution in [0.4, 0.5) is 0 Å². The number of carboxylic acid groups (broad SMARTS) is 1. The van der Waals surface area contributed by atoms with Gasteiger partial charge in [-0.25, -0.2) is 9.78 Å². The van der Waals surface area contributed by atoms with E-state index in [9.17, 15) is 34.2 Å². The number of benzene rings is 1.